The number of allylic oxidation sites excluding steroid dienone is 1. The van der Waals surface area contributed by atoms with E-state index in [1.54, 1.807) is 24.3 Å². The second kappa shape index (κ2) is 4.95. The maximum atomic E-state index is 11.5. The van der Waals surface area contributed by atoms with Crippen molar-refractivity contribution in [1.82, 2.24) is 0 Å². The highest BCUT2D eigenvalue weighted by Crippen LogP contribution is 2.07. The molecule has 1 aromatic carbocycles. The lowest BCUT2D eigenvalue weighted by Crippen LogP contribution is -2.16. The third-order valence-corrected chi connectivity index (χ3v) is 1.81. The molecule has 1 rings (SSSR count). The number of hydrogen-bond acceptors (Lipinski definition) is 3. The summed E-state index contributed by atoms with van der Waals surface area (Å²) in [6.07, 6.45) is 0.827. The van der Waals surface area contributed by atoms with Gasteiger partial charge in [-0.2, -0.15) is 0 Å². The summed E-state index contributed by atoms with van der Waals surface area (Å²) in [5.74, 6) is -0.658. The molecule has 0 aliphatic heterocycles. The lowest BCUT2D eigenvalue weighted by molar-refractivity contribution is -0.112. The van der Waals surface area contributed by atoms with Gasteiger partial charge in [0.05, 0.1) is 5.57 Å². The number of rotatable bonds is 3. The average Bonchev–Trinajstić information content (AvgIpc) is 2.19. The largest absolute Gasteiger partial charge is 0.512 e. The summed E-state index contributed by atoms with van der Waals surface area (Å²) in [5, 5.41) is 18.7. The Hall–Kier alpha value is -2.10. The zero-order valence-electron chi connectivity index (χ0n) is 8.32. The van der Waals surface area contributed by atoms with Crippen molar-refractivity contribution in [2.24, 2.45) is 0 Å². The number of carbonyl (C=O) groups excluding carboxylic acids is 1. The first-order chi connectivity index (χ1) is 7.15. The zero-order chi connectivity index (χ0) is 11.3. The Bertz CT molecular complexity index is 392. The van der Waals surface area contributed by atoms with Gasteiger partial charge in [-0.15, -0.1) is 0 Å². The molecular formula is C11H12N2O2. The van der Waals surface area contributed by atoms with E-state index < -0.39 is 5.91 Å². The molecule has 0 saturated heterocycles. The van der Waals surface area contributed by atoms with Gasteiger partial charge >= 0.3 is 0 Å². The Morgan fingerprint density at radius 2 is 2.00 bits per heavy atom. The van der Waals surface area contributed by atoms with E-state index in [2.05, 4.69) is 5.32 Å². The predicted octanol–water partition coefficient (Wildman–Crippen LogP) is 2.11. The molecule has 0 aliphatic rings. The van der Waals surface area contributed by atoms with Crippen molar-refractivity contribution >= 4 is 17.8 Å². The molecule has 3 N–H and O–H groups in total. The van der Waals surface area contributed by atoms with E-state index in [0.717, 1.165) is 6.21 Å². The molecule has 0 atom stereocenters. The summed E-state index contributed by atoms with van der Waals surface area (Å²) in [5.41, 5.74) is 0.585. The second-order valence-electron chi connectivity index (χ2n) is 2.96. The first-order valence-electron chi connectivity index (χ1n) is 4.42. The summed E-state index contributed by atoms with van der Waals surface area (Å²) in [6.45, 7) is 1.37. The van der Waals surface area contributed by atoms with Crippen LogP contribution in [0.4, 0.5) is 5.69 Å². The number of hydrogen-bond donors (Lipinski definition) is 3. The fourth-order valence-electron chi connectivity index (χ4n) is 1.05. The first kappa shape index (κ1) is 11.0. The van der Waals surface area contributed by atoms with Gasteiger partial charge in [-0.3, -0.25) is 4.79 Å². The third-order valence-electron chi connectivity index (χ3n) is 1.81. The SMILES string of the molecule is C/C(O)=C(\C=N)C(=O)Nc1ccccc1. The molecular weight excluding hydrogens is 192 g/mol. The molecule has 0 fully saturated rings. The van der Waals surface area contributed by atoms with Crippen LogP contribution < -0.4 is 5.32 Å². The van der Waals surface area contributed by atoms with Crippen LogP contribution in [0, 0.1) is 5.41 Å². The van der Waals surface area contributed by atoms with Crippen molar-refractivity contribution in [3.63, 3.8) is 0 Å². The van der Waals surface area contributed by atoms with Gasteiger partial charge in [-0.05, 0) is 19.1 Å². The second-order valence-corrected chi connectivity index (χ2v) is 2.96. The van der Waals surface area contributed by atoms with Crippen LogP contribution in [-0.4, -0.2) is 17.2 Å². The van der Waals surface area contributed by atoms with Crippen molar-refractivity contribution in [2.75, 3.05) is 5.32 Å². The number of para-hydroxylation sites is 1. The monoisotopic (exact) mass is 204 g/mol. The van der Waals surface area contributed by atoms with Crippen LogP contribution >= 0.6 is 0 Å². The first-order valence-corrected chi connectivity index (χ1v) is 4.42. The lowest BCUT2D eigenvalue weighted by atomic mass is 10.2. The molecule has 0 aliphatic carbocycles. The van der Waals surface area contributed by atoms with Crippen LogP contribution in [0.5, 0.6) is 0 Å². The molecule has 4 nitrogen and oxygen atoms in total. The van der Waals surface area contributed by atoms with Gasteiger partial charge in [0.1, 0.15) is 5.76 Å². The minimum Gasteiger partial charge on any atom is -0.512 e. The van der Waals surface area contributed by atoms with Crippen LogP contribution in [0.3, 0.4) is 0 Å². The van der Waals surface area contributed by atoms with Gasteiger partial charge in [0.25, 0.3) is 5.91 Å². The van der Waals surface area contributed by atoms with Crippen LogP contribution in [0.2, 0.25) is 0 Å². The molecule has 15 heavy (non-hydrogen) atoms. The van der Waals surface area contributed by atoms with Crippen molar-refractivity contribution in [3.05, 3.63) is 41.7 Å². The summed E-state index contributed by atoms with van der Waals surface area (Å²) in [4.78, 5) is 11.5. The van der Waals surface area contributed by atoms with Gasteiger partial charge in [-0.1, -0.05) is 18.2 Å². The van der Waals surface area contributed by atoms with Crippen molar-refractivity contribution in [3.8, 4) is 0 Å². The third kappa shape index (κ3) is 2.95. The van der Waals surface area contributed by atoms with Gasteiger partial charge in [0.2, 0.25) is 0 Å². The molecule has 78 valence electrons. The van der Waals surface area contributed by atoms with Crippen LogP contribution in [-0.2, 0) is 4.79 Å². The number of anilines is 1. The molecule has 0 heterocycles. The maximum Gasteiger partial charge on any atom is 0.260 e. The number of nitrogens with one attached hydrogen (secondary N) is 2. The minimum absolute atomic E-state index is 0.0427. The topological polar surface area (TPSA) is 73.2 Å². The Kier molecular flexibility index (Phi) is 3.62. The molecule has 0 aromatic heterocycles. The lowest BCUT2D eigenvalue weighted by Gasteiger charge is -2.05. The summed E-state index contributed by atoms with van der Waals surface area (Å²) in [6, 6.07) is 8.86. The molecule has 0 bridgehead atoms. The fourth-order valence-corrected chi connectivity index (χ4v) is 1.05. The van der Waals surface area contributed by atoms with Gasteiger partial charge in [0.15, 0.2) is 0 Å². The molecule has 0 unspecified atom stereocenters. The molecule has 4 heteroatoms. The van der Waals surface area contributed by atoms with E-state index in [4.69, 9.17) is 10.5 Å². The molecule has 1 aromatic rings. The highest BCUT2D eigenvalue weighted by Gasteiger charge is 2.09. The van der Waals surface area contributed by atoms with Gasteiger partial charge in [-0.25, -0.2) is 0 Å². The number of carbonyl (C=O) groups is 1. The summed E-state index contributed by atoms with van der Waals surface area (Å²) >= 11 is 0. The van der Waals surface area contributed by atoms with Crippen molar-refractivity contribution < 1.29 is 9.90 Å². The fraction of sp³-hybridized carbons (Fsp3) is 0.0909. The van der Waals surface area contributed by atoms with Crippen LogP contribution in [0.25, 0.3) is 0 Å². The molecule has 1 amide bonds. The number of benzene rings is 1. The van der Waals surface area contributed by atoms with Crippen molar-refractivity contribution in [1.29, 1.82) is 5.41 Å². The summed E-state index contributed by atoms with van der Waals surface area (Å²) in [7, 11) is 0. The predicted molar refractivity (Wildman–Crippen MR) is 59.2 cm³/mol. The minimum atomic E-state index is -0.490. The van der Waals surface area contributed by atoms with E-state index in [1.807, 2.05) is 6.07 Å². The Labute approximate surface area is 87.8 Å². The number of aliphatic hydroxyl groups excluding tert-OH is 1. The molecule has 0 radical (unpaired) electrons. The van der Waals surface area contributed by atoms with E-state index in [9.17, 15) is 4.79 Å². The van der Waals surface area contributed by atoms with E-state index in [0.29, 0.717) is 5.69 Å². The highest BCUT2D eigenvalue weighted by atomic mass is 16.3. The average molecular weight is 204 g/mol. The Morgan fingerprint density at radius 3 is 2.47 bits per heavy atom. The van der Waals surface area contributed by atoms with E-state index in [-0.39, 0.29) is 11.3 Å². The number of amides is 1. The quantitative estimate of drug-likeness (QED) is 0.401. The van der Waals surface area contributed by atoms with E-state index >= 15 is 0 Å². The summed E-state index contributed by atoms with van der Waals surface area (Å²) < 4.78 is 0. The Morgan fingerprint density at radius 1 is 1.40 bits per heavy atom. The zero-order valence-corrected chi connectivity index (χ0v) is 8.32. The maximum absolute atomic E-state index is 11.5. The van der Waals surface area contributed by atoms with E-state index in [1.165, 1.54) is 6.92 Å². The Balaban J connectivity index is 2.81. The highest BCUT2D eigenvalue weighted by molar-refractivity contribution is 6.17. The normalized spacial score (nSPS) is 11.5. The van der Waals surface area contributed by atoms with Crippen molar-refractivity contribution in [2.45, 2.75) is 6.92 Å². The standard InChI is InChI=1S/C11H12N2O2/c1-8(14)10(7-12)11(15)13-9-5-3-2-4-6-9/h2-7,12,14H,1H3,(H,13,15)/b10-8-,12-7?. The molecule has 0 saturated carbocycles. The van der Waals surface area contributed by atoms with Gasteiger partial charge < -0.3 is 15.8 Å². The number of aliphatic hydroxyl groups is 1. The van der Waals surface area contributed by atoms with Gasteiger partial charge in [0, 0.05) is 11.9 Å². The van der Waals surface area contributed by atoms with Crippen LogP contribution in [0.15, 0.2) is 41.7 Å². The molecule has 0 spiro atoms. The van der Waals surface area contributed by atoms with Crippen LogP contribution in [0.1, 0.15) is 6.92 Å². The smallest absolute Gasteiger partial charge is 0.260 e.